The summed E-state index contributed by atoms with van der Waals surface area (Å²) in [6, 6.07) is 55.2. The SMILES string of the molecule is C=Cc1oc2ccc(C)cc2c1C=C.CCc1ccccc1.Cc1ccc2c(c1)C(C)(C)c1cc(C)c3ccccc3c1-2.Cc1ccccc1.Cc1ccccc1. The summed E-state index contributed by atoms with van der Waals surface area (Å²) in [7, 11) is 0. The van der Waals surface area contributed by atoms with E-state index in [4.69, 9.17) is 4.42 Å². The van der Waals surface area contributed by atoms with Gasteiger partial charge in [-0.1, -0.05) is 208 Å². The summed E-state index contributed by atoms with van der Waals surface area (Å²) < 4.78 is 5.60. The van der Waals surface area contributed by atoms with E-state index >= 15 is 0 Å². The molecule has 0 unspecified atom stereocenters. The molecule has 0 saturated heterocycles. The first kappa shape index (κ1) is 42.0. The molecular weight excluding hydrogens is 689 g/mol. The van der Waals surface area contributed by atoms with Crippen LogP contribution in [-0.4, -0.2) is 0 Å². The van der Waals surface area contributed by atoms with Gasteiger partial charge in [0.2, 0.25) is 0 Å². The van der Waals surface area contributed by atoms with E-state index in [0.29, 0.717) is 0 Å². The minimum Gasteiger partial charge on any atom is -0.456 e. The van der Waals surface area contributed by atoms with Gasteiger partial charge in [0, 0.05) is 16.4 Å². The zero-order chi connectivity index (χ0) is 41.0. The van der Waals surface area contributed by atoms with Crippen LogP contribution in [0.25, 0.3) is 45.0 Å². The maximum Gasteiger partial charge on any atom is 0.135 e. The molecule has 1 heterocycles. The molecule has 1 heteroatoms. The highest BCUT2D eigenvalue weighted by atomic mass is 16.3. The third kappa shape index (κ3) is 10.4. The molecule has 0 amide bonds. The lowest BCUT2D eigenvalue weighted by atomic mass is 9.81. The Morgan fingerprint density at radius 1 is 0.509 bits per heavy atom. The van der Waals surface area contributed by atoms with Crippen LogP contribution < -0.4 is 0 Å². The van der Waals surface area contributed by atoms with Gasteiger partial charge in [0.05, 0.1) is 0 Å². The first-order valence-electron chi connectivity index (χ1n) is 20.0. The molecule has 1 nitrogen and oxygen atoms in total. The molecule has 8 aromatic rings. The highest BCUT2D eigenvalue weighted by Gasteiger charge is 2.36. The average Bonchev–Trinajstić information content (AvgIpc) is 3.70. The van der Waals surface area contributed by atoms with Crippen molar-refractivity contribution < 1.29 is 4.42 Å². The zero-order valence-corrected chi connectivity index (χ0v) is 35.2. The third-order valence-electron chi connectivity index (χ3n) is 10.5. The second-order valence-corrected chi connectivity index (χ2v) is 15.3. The van der Waals surface area contributed by atoms with Gasteiger partial charge in [-0.25, -0.2) is 0 Å². The van der Waals surface area contributed by atoms with E-state index in [1.165, 1.54) is 66.4 Å². The zero-order valence-electron chi connectivity index (χ0n) is 35.2. The average molecular weight is 747 g/mol. The Morgan fingerprint density at radius 2 is 1.04 bits per heavy atom. The Morgan fingerprint density at radius 3 is 1.54 bits per heavy atom. The van der Waals surface area contributed by atoms with Gasteiger partial charge < -0.3 is 4.42 Å². The van der Waals surface area contributed by atoms with Crippen LogP contribution in [0.1, 0.15) is 76.6 Å². The van der Waals surface area contributed by atoms with Gasteiger partial charge in [0.25, 0.3) is 0 Å². The van der Waals surface area contributed by atoms with Crippen LogP contribution in [-0.2, 0) is 11.8 Å². The largest absolute Gasteiger partial charge is 0.456 e. The summed E-state index contributed by atoms with van der Waals surface area (Å²) in [4.78, 5) is 0. The summed E-state index contributed by atoms with van der Waals surface area (Å²) in [5.41, 5.74) is 15.8. The van der Waals surface area contributed by atoms with Gasteiger partial charge in [-0.3, -0.25) is 0 Å². The summed E-state index contributed by atoms with van der Waals surface area (Å²) in [5, 5.41) is 3.87. The smallest absolute Gasteiger partial charge is 0.135 e. The lowest BCUT2D eigenvalue weighted by Crippen LogP contribution is -2.15. The molecule has 1 aromatic heterocycles. The number of aryl methyl sites for hydroxylation is 6. The predicted octanol–water partition coefficient (Wildman–Crippen LogP) is 16.0. The highest BCUT2D eigenvalue weighted by Crippen LogP contribution is 2.52. The van der Waals surface area contributed by atoms with E-state index in [-0.39, 0.29) is 5.41 Å². The molecule has 0 aliphatic heterocycles. The van der Waals surface area contributed by atoms with Crippen molar-refractivity contribution in [3.63, 3.8) is 0 Å². The quantitative estimate of drug-likeness (QED) is 0.175. The Bertz CT molecular complexity index is 2500. The molecule has 0 radical (unpaired) electrons. The number of fused-ring (bicyclic) bond motifs is 6. The maximum atomic E-state index is 5.60. The van der Waals surface area contributed by atoms with Crippen molar-refractivity contribution in [2.75, 3.05) is 0 Å². The normalized spacial score (nSPS) is 11.5. The van der Waals surface area contributed by atoms with E-state index in [9.17, 15) is 0 Å². The molecule has 288 valence electrons. The Balaban J connectivity index is 0.000000148. The predicted molar refractivity (Wildman–Crippen MR) is 250 cm³/mol. The van der Waals surface area contributed by atoms with Gasteiger partial charge in [0.1, 0.15) is 11.3 Å². The standard InChI is InChI=1S/C21H20.C13H12O.C8H10.2C7H8/c1-13-9-10-17-18(11-13)21(3,4)19-12-14(2)15-7-5-6-8-16(15)20(17)19;1-4-10-11-8-9(3)6-7-13(11)14-12(10)5-2;1-2-8-6-4-3-5-7-8;2*1-7-5-3-2-4-6-7/h5-12H,1-4H3;4-8H,1-2H2,3H3;3-7H,2H2,1H3;2*2-6H,1H3. The molecule has 9 rings (SSSR count). The van der Waals surface area contributed by atoms with Gasteiger partial charge >= 0.3 is 0 Å². The van der Waals surface area contributed by atoms with E-state index in [1.807, 2.05) is 60.7 Å². The second-order valence-electron chi connectivity index (χ2n) is 15.3. The van der Waals surface area contributed by atoms with Crippen LogP contribution in [0.5, 0.6) is 0 Å². The molecule has 0 fully saturated rings. The molecule has 0 N–H and O–H groups in total. The minimum absolute atomic E-state index is 0.0888. The second kappa shape index (κ2) is 19.6. The topological polar surface area (TPSA) is 13.1 Å². The first-order chi connectivity index (χ1) is 27.5. The van der Waals surface area contributed by atoms with E-state index < -0.39 is 0 Å². The molecule has 7 aromatic carbocycles. The number of hydrogen-bond donors (Lipinski definition) is 0. The van der Waals surface area contributed by atoms with Crippen LogP contribution >= 0.6 is 0 Å². The van der Waals surface area contributed by atoms with Crippen molar-refractivity contribution in [3.8, 4) is 11.1 Å². The maximum absolute atomic E-state index is 5.60. The van der Waals surface area contributed by atoms with E-state index in [0.717, 1.165) is 28.7 Å². The van der Waals surface area contributed by atoms with Crippen molar-refractivity contribution in [2.45, 2.75) is 67.2 Å². The van der Waals surface area contributed by atoms with Crippen molar-refractivity contribution in [3.05, 3.63) is 227 Å². The highest BCUT2D eigenvalue weighted by molar-refractivity contribution is 6.03. The van der Waals surface area contributed by atoms with Crippen LogP contribution in [0, 0.1) is 34.6 Å². The summed E-state index contributed by atoms with van der Waals surface area (Å²) in [6.07, 6.45) is 4.66. The van der Waals surface area contributed by atoms with Crippen molar-refractivity contribution in [1.29, 1.82) is 0 Å². The third-order valence-corrected chi connectivity index (χ3v) is 10.5. The van der Waals surface area contributed by atoms with Gasteiger partial charge in [-0.15, -0.1) is 0 Å². The van der Waals surface area contributed by atoms with Crippen LogP contribution in [0.2, 0.25) is 0 Å². The Labute approximate surface area is 342 Å². The van der Waals surface area contributed by atoms with E-state index in [1.54, 1.807) is 6.08 Å². The fourth-order valence-electron chi connectivity index (χ4n) is 7.27. The molecule has 1 aliphatic rings. The molecule has 0 spiro atoms. The van der Waals surface area contributed by atoms with Gasteiger partial charge in [-0.2, -0.15) is 0 Å². The van der Waals surface area contributed by atoms with Crippen LogP contribution in [0.3, 0.4) is 0 Å². The molecule has 0 atom stereocenters. The minimum atomic E-state index is 0.0888. The first-order valence-corrected chi connectivity index (χ1v) is 20.0. The monoisotopic (exact) mass is 746 g/mol. The van der Waals surface area contributed by atoms with Crippen molar-refractivity contribution in [1.82, 2.24) is 0 Å². The number of rotatable bonds is 3. The fraction of sp³-hybridized carbons (Fsp3) is 0.179. The van der Waals surface area contributed by atoms with Crippen molar-refractivity contribution >= 4 is 33.9 Å². The lowest BCUT2D eigenvalue weighted by molar-refractivity contribution is 0.603. The number of furan rings is 1. The molecule has 0 bridgehead atoms. The van der Waals surface area contributed by atoms with Gasteiger partial charge in [-0.05, 0) is 103 Å². The molecule has 0 saturated carbocycles. The Hall–Kier alpha value is -6.18. The number of benzene rings is 7. The summed E-state index contributed by atoms with van der Waals surface area (Å²) >= 11 is 0. The summed E-state index contributed by atoms with van der Waals surface area (Å²) in [5.74, 6) is 0.792. The molecular formula is C56H58O. The summed E-state index contributed by atoms with van der Waals surface area (Å²) in [6.45, 7) is 25.0. The van der Waals surface area contributed by atoms with Crippen LogP contribution in [0.15, 0.2) is 175 Å². The number of hydrogen-bond acceptors (Lipinski definition) is 1. The van der Waals surface area contributed by atoms with Gasteiger partial charge in [0.15, 0.2) is 0 Å². The molecule has 1 aliphatic carbocycles. The van der Waals surface area contributed by atoms with Crippen molar-refractivity contribution in [2.24, 2.45) is 0 Å². The van der Waals surface area contributed by atoms with E-state index in [2.05, 4.69) is 172 Å². The lowest BCUT2D eigenvalue weighted by Gasteiger charge is -2.22. The van der Waals surface area contributed by atoms with Crippen LogP contribution in [0.4, 0.5) is 0 Å². The fourth-order valence-corrected chi connectivity index (χ4v) is 7.27. The molecule has 57 heavy (non-hydrogen) atoms. The Kier molecular flexibility index (Phi) is 14.4.